The highest BCUT2D eigenvalue weighted by atomic mass is 16.7. The van der Waals surface area contributed by atoms with E-state index in [0.29, 0.717) is 30.3 Å². The van der Waals surface area contributed by atoms with Gasteiger partial charge in [0.15, 0.2) is 11.2 Å². The zero-order valence-corrected chi connectivity index (χ0v) is 11.6. The fourth-order valence-corrected chi connectivity index (χ4v) is 1.95. The molecule has 7 heteroatoms. The maximum atomic E-state index is 5.76. The number of ether oxygens (including phenoxy) is 1. The van der Waals surface area contributed by atoms with Crippen LogP contribution in [-0.2, 0) is 6.61 Å². The van der Waals surface area contributed by atoms with Gasteiger partial charge in [-0.15, -0.1) is 0 Å². The molecule has 0 aliphatic rings. The minimum absolute atomic E-state index is 0.118. The molecule has 3 aromatic rings. The lowest BCUT2D eigenvalue weighted by Gasteiger charge is -2.09. The quantitative estimate of drug-likeness (QED) is 0.763. The number of fused-ring (bicyclic) bond motifs is 1. The molecular formula is C14H15N5O2. The van der Waals surface area contributed by atoms with Crippen molar-refractivity contribution in [1.82, 2.24) is 19.7 Å². The van der Waals surface area contributed by atoms with Crippen LogP contribution in [0.4, 0.5) is 5.95 Å². The second-order valence-electron chi connectivity index (χ2n) is 4.32. The van der Waals surface area contributed by atoms with Crippen LogP contribution < -0.4 is 15.3 Å². The monoisotopic (exact) mass is 285 g/mol. The molecule has 0 bridgehead atoms. The van der Waals surface area contributed by atoms with E-state index in [1.54, 1.807) is 0 Å². The van der Waals surface area contributed by atoms with Crippen LogP contribution >= 0.6 is 0 Å². The first kappa shape index (κ1) is 13.2. The molecule has 0 saturated heterocycles. The lowest BCUT2D eigenvalue weighted by molar-refractivity contribution is 0.129. The van der Waals surface area contributed by atoms with Gasteiger partial charge in [-0.2, -0.15) is 14.7 Å². The number of rotatable bonds is 5. The Balaban J connectivity index is 1.94. The maximum absolute atomic E-state index is 5.76. The summed E-state index contributed by atoms with van der Waals surface area (Å²) in [6.45, 7) is 2.76. The number of hydrogen-bond acceptors (Lipinski definition) is 6. The lowest BCUT2D eigenvalue weighted by atomic mass is 10.2. The number of aromatic nitrogens is 4. The lowest BCUT2D eigenvalue weighted by Crippen LogP contribution is -2.11. The van der Waals surface area contributed by atoms with Gasteiger partial charge in [-0.25, -0.2) is 4.98 Å². The topological polar surface area (TPSA) is 88.1 Å². The van der Waals surface area contributed by atoms with E-state index in [4.69, 9.17) is 15.3 Å². The number of nitrogen functional groups attached to an aromatic ring is 1. The molecule has 0 fully saturated rings. The van der Waals surface area contributed by atoms with Crippen LogP contribution in [0, 0.1) is 0 Å². The van der Waals surface area contributed by atoms with E-state index in [1.165, 1.54) is 11.1 Å². The number of nitrogens with two attached hydrogens (primary N) is 1. The zero-order valence-electron chi connectivity index (χ0n) is 11.6. The van der Waals surface area contributed by atoms with Gasteiger partial charge in [-0.3, -0.25) is 0 Å². The van der Waals surface area contributed by atoms with Gasteiger partial charge in [0.05, 0.1) is 0 Å². The molecule has 0 amide bonds. The van der Waals surface area contributed by atoms with E-state index in [0.717, 1.165) is 5.56 Å². The summed E-state index contributed by atoms with van der Waals surface area (Å²) >= 11 is 0. The Labute approximate surface area is 121 Å². The molecule has 1 aromatic carbocycles. The second-order valence-corrected chi connectivity index (χ2v) is 4.32. The molecule has 21 heavy (non-hydrogen) atoms. The van der Waals surface area contributed by atoms with Gasteiger partial charge in [-0.05, 0) is 12.5 Å². The van der Waals surface area contributed by atoms with E-state index >= 15 is 0 Å². The first-order valence-electron chi connectivity index (χ1n) is 6.58. The summed E-state index contributed by atoms with van der Waals surface area (Å²) in [7, 11) is 0. The molecular weight excluding hydrogens is 270 g/mol. The van der Waals surface area contributed by atoms with Crippen LogP contribution in [-0.4, -0.2) is 26.3 Å². The van der Waals surface area contributed by atoms with Crippen molar-refractivity contribution >= 4 is 17.1 Å². The molecule has 0 saturated carbocycles. The Bertz CT molecular complexity index is 742. The van der Waals surface area contributed by atoms with Crippen LogP contribution in [0.1, 0.15) is 12.5 Å². The smallest absolute Gasteiger partial charge is 0.249 e. The zero-order chi connectivity index (χ0) is 14.7. The van der Waals surface area contributed by atoms with Gasteiger partial charge in [-0.1, -0.05) is 30.3 Å². The second kappa shape index (κ2) is 5.66. The molecule has 0 aliphatic heterocycles. The molecule has 2 aromatic heterocycles. The molecule has 0 atom stereocenters. The van der Waals surface area contributed by atoms with Crippen molar-refractivity contribution in [1.29, 1.82) is 0 Å². The Morgan fingerprint density at radius 3 is 2.76 bits per heavy atom. The number of nitrogens with zero attached hydrogens (tertiary/aromatic N) is 4. The third kappa shape index (κ3) is 2.71. The summed E-state index contributed by atoms with van der Waals surface area (Å²) in [4.78, 5) is 17.8. The van der Waals surface area contributed by atoms with Gasteiger partial charge in [0.2, 0.25) is 11.8 Å². The van der Waals surface area contributed by atoms with Gasteiger partial charge in [0.1, 0.15) is 19.5 Å². The Morgan fingerprint density at radius 1 is 1.19 bits per heavy atom. The minimum atomic E-state index is 0.118. The number of anilines is 1. The standard InChI is InChI=1S/C14H15N5O2/c1-2-21-19-9-16-12-11(19)13(18-14(15)17-12)20-8-10-6-4-3-5-7-10/h3-7,9H,2,8H2,1H3,(H2,15,17,18). The van der Waals surface area contributed by atoms with Crippen molar-refractivity contribution in [2.75, 3.05) is 12.3 Å². The molecule has 7 nitrogen and oxygen atoms in total. The van der Waals surface area contributed by atoms with E-state index in [2.05, 4.69) is 15.0 Å². The van der Waals surface area contributed by atoms with Crippen molar-refractivity contribution in [3.63, 3.8) is 0 Å². The number of imidazole rings is 1. The van der Waals surface area contributed by atoms with Crippen LogP contribution in [0.5, 0.6) is 5.88 Å². The summed E-state index contributed by atoms with van der Waals surface area (Å²) in [5, 5.41) is 0. The highest BCUT2D eigenvalue weighted by Crippen LogP contribution is 2.22. The summed E-state index contributed by atoms with van der Waals surface area (Å²) in [6.07, 6.45) is 1.53. The highest BCUT2D eigenvalue weighted by molar-refractivity contribution is 5.77. The first-order chi connectivity index (χ1) is 10.3. The molecule has 2 N–H and O–H groups in total. The fraction of sp³-hybridized carbons (Fsp3) is 0.214. The summed E-state index contributed by atoms with van der Waals surface area (Å²) in [6, 6.07) is 9.80. The molecule has 0 aliphatic carbocycles. The van der Waals surface area contributed by atoms with Gasteiger partial charge < -0.3 is 15.3 Å². The molecule has 3 rings (SSSR count). The minimum Gasteiger partial charge on any atom is -0.471 e. The summed E-state index contributed by atoms with van der Waals surface area (Å²) in [5.41, 5.74) is 7.73. The largest absolute Gasteiger partial charge is 0.471 e. The Hall–Kier alpha value is -2.83. The predicted octanol–water partition coefficient (Wildman–Crippen LogP) is 1.44. The number of hydrogen-bond donors (Lipinski definition) is 1. The van der Waals surface area contributed by atoms with Crippen molar-refractivity contribution < 1.29 is 9.57 Å². The van der Waals surface area contributed by atoms with Crippen molar-refractivity contribution in [3.8, 4) is 5.88 Å². The van der Waals surface area contributed by atoms with E-state index in [1.807, 2.05) is 37.3 Å². The highest BCUT2D eigenvalue weighted by Gasteiger charge is 2.15. The molecule has 0 spiro atoms. The van der Waals surface area contributed by atoms with Crippen LogP contribution in [0.2, 0.25) is 0 Å². The van der Waals surface area contributed by atoms with Crippen molar-refractivity contribution in [2.24, 2.45) is 0 Å². The van der Waals surface area contributed by atoms with Gasteiger partial charge in [0, 0.05) is 0 Å². The van der Waals surface area contributed by atoms with Crippen LogP contribution in [0.15, 0.2) is 36.7 Å². The average Bonchev–Trinajstić information content (AvgIpc) is 2.89. The first-order valence-corrected chi connectivity index (χ1v) is 6.58. The molecule has 0 unspecified atom stereocenters. The molecule has 108 valence electrons. The number of benzene rings is 1. The summed E-state index contributed by atoms with van der Waals surface area (Å²) < 4.78 is 7.25. The van der Waals surface area contributed by atoms with E-state index in [9.17, 15) is 0 Å². The SMILES string of the molecule is CCOn1cnc2nc(N)nc(OCc3ccccc3)c21. The van der Waals surface area contributed by atoms with Crippen LogP contribution in [0.3, 0.4) is 0 Å². The average molecular weight is 285 g/mol. The molecule has 2 heterocycles. The molecule has 0 radical (unpaired) electrons. The third-order valence-electron chi connectivity index (χ3n) is 2.84. The van der Waals surface area contributed by atoms with Gasteiger partial charge in [0.25, 0.3) is 0 Å². The summed E-state index contributed by atoms with van der Waals surface area (Å²) in [5.74, 6) is 0.472. The van der Waals surface area contributed by atoms with Crippen LogP contribution in [0.25, 0.3) is 11.2 Å². The van der Waals surface area contributed by atoms with E-state index < -0.39 is 0 Å². The predicted molar refractivity (Wildman–Crippen MR) is 77.6 cm³/mol. The Morgan fingerprint density at radius 2 is 2.00 bits per heavy atom. The third-order valence-corrected chi connectivity index (χ3v) is 2.84. The van der Waals surface area contributed by atoms with Gasteiger partial charge >= 0.3 is 0 Å². The van der Waals surface area contributed by atoms with E-state index in [-0.39, 0.29) is 5.95 Å². The normalized spacial score (nSPS) is 10.7. The Kier molecular flexibility index (Phi) is 3.55. The maximum Gasteiger partial charge on any atom is 0.249 e. The van der Waals surface area contributed by atoms with Crippen molar-refractivity contribution in [2.45, 2.75) is 13.5 Å². The van der Waals surface area contributed by atoms with Crippen molar-refractivity contribution in [3.05, 3.63) is 42.2 Å². The fourth-order valence-electron chi connectivity index (χ4n) is 1.95.